The van der Waals surface area contributed by atoms with Crippen molar-refractivity contribution in [3.63, 3.8) is 0 Å². The van der Waals surface area contributed by atoms with Crippen LogP contribution in [-0.4, -0.2) is 96.0 Å². The molecule has 1 aliphatic heterocycles. The van der Waals surface area contributed by atoms with Gasteiger partial charge in [-0.15, -0.1) is 0 Å². The van der Waals surface area contributed by atoms with Crippen molar-refractivity contribution in [2.24, 2.45) is 0 Å². The van der Waals surface area contributed by atoms with E-state index in [1.807, 2.05) is 79.3 Å². The number of benzene rings is 3. The highest BCUT2D eigenvalue weighted by Crippen LogP contribution is 2.40. The Morgan fingerprint density at radius 3 is 2.05 bits per heavy atom. The van der Waals surface area contributed by atoms with Crippen LogP contribution in [0.25, 0.3) is 22.2 Å². The van der Waals surface area contributed by atoms with Crippen LogP contribution in [0.1, 0.15) is 56.1 Å². The number of rotatable bonds is 13. The Kier molecular flexibility index (Phi) is 13.6. The van der Waals surface area contributed by atoms with Gasteiger partial charge in [-0.25, -0.2) is 9.78 Å². The van der Waals surface area contributed by atoms with Crippen LogP contribution >= 0.6 is 11.6 Å². The molecule has 1 saturated heterocycles. The van der Waals surface area contributed by atoms with Crippen LogP contribution in [0.15, 0.2) is 78.9 Å². The number of anilines is 1. The molecule has 0 bridgehead atoms. The van der Waals surface area contributed by atoms with Crippen LogP contribution in [0.4, 0.5) is 23.8 Å². The first-order valence-corrected chi connectivity index (χ1v) is 19.9. The number of hydrogen-bond donors (Lipinski definition) is 1. The molecule has 1 amide bonds. The van der Waals surface area contributed by atoms with E-state index in [0.29, 0.717) is 60.1 Å². The summed E-state index contributed by atoms with van der Waals surface area (Å²) in [6.45, 7) is 8.92. The number of hydrogen-bond acceptors (Lipinski definition) is 11. The van der Waals surface area contributed by atoms with Crippen molar-refractivity contribution in [1.82, 2.24) is 30.1 Å². The highest BCUT2D eigenvalue weighted by molar-refractivity contribution is 6.21. The average molecular weight is 850 g/mol. The van der Waals surface area contributed by atoms with Crippen molar-refractivity contribution in [3.05, 3.63) is 101 Å². The Bertz CT molecular complexity index is 2210. The predicted molar refractivity (Wildman–Crippen MR) is 226 cm³/mol. The third kappa shape index (κ3) is 10.9. The lowest BCUT2D eigenvalue weighted by Gasteiger charge is -2.40. The molecule has 0 radical (unpaired) electrons. The highest BCUT2D eigenvalue weighted by Gasteiger charge is 2.39. The number of pyridine rings is 1. The zero-order chi connectivity index (χ0) is 43.4. The number of piperazine rings is 1. The first-order valence-electron chi connectivity index (χ1n) is 19.5. The Balaban J connectivity index is 1.49. The van der Waals surface area contributed by atoms with Crippen molar-refractivity contribution in [3.8, 4) is 28.8 Å². The summed E-state index contributed by atoms with van der Waals surface area (Å²) in [6.07, 6.45) is -5.74. The van der Waals surface area contributed by atoms with Gasteiger partial charge in [-0.05, 0) is 95.4 Å². The number of nitrogens with one attached hydrogen (secondary N) is 1. The SMILES string of the molecule is COc1ccc(CN(Cc2ccc(OC)cc2)c2ccc(C(F)(F)F)c(-c3ccc4c(C5CNCC(Cl)N5C(=O)OC(C)(C)C)nc(OC(C)CN(C)C)nc4c3)n2)cc1. The fourth-order valence-corrected chi connectivity index (χ4v) is 7.35. The summed E-state index contributed by atoms with van der Waals surface area (Å²) >= 11 is 6.77. The smallest absolute Gasteiger partial charge is 0.418 e. The molecule has 0 spiro atoms. The van der Waals surface area contributed by atoms with Crippen molar-refractivity contribution in [1.29, 1.82) is 0 Å². The lowest BCUT2D eigenvalue weighted by atomic mass is 10.00. The van der Waals surface area contributed by atoms with Crippen LogP contribution in [0.3, 0.4) is 0 Å². The molecule has 1 fully saturated rings. The third-order valence-corrected chi connectivity index (χ3v) is 10.1. The van der Waals surface area contributed by atoms with E-state index in [9.17, 15) is 18.0 Å². The standard InChI is InChI=1S/C44H51ClF3N7O5/c1-27(24-53(5)6)59-41-50-35-21-30(13-18-33(35)40(52-41)36-22-49-23-37(45)55(36)42(56)60-43(2,3)4)39-34(44(46,47)48)19-20-38(51-39)54(25-28-9-14-31(57-7)15-10-28)26-29-11-16-32(58-8)17-12-29/h9-21,27,36-37,49H,22-26H2,1-8H3. The average Bonchev–Trinajstić information content (AvgIpc) is 3.19. The molecule has 0 saturated carbocycles. The number of amides is 1. The number of ether oxygens (including phenoxy) is 4. The first kappa shape index (κ1) is 44.2. The molecule has 16 heteroatoms. The molecule has 3 unspecified atom stereocenters. The van der Waals surface area contributed by atoms with Crippen LogP contribution in [0, 0.1) is 0 Å². The van der Waals surface area contributed by atoms with Crippen molar-refractivity contribution in [2.45, 2.75) is 70.2 Å². The molecule has 5 aromatic rings. The number of carbonyl (C=O) groups is 1. The summed E-state index contributed by atoms with van der Waals surface area (Å²) in [6, 6.07) is 21.4. The van der Waals surface area contributed by atoms with Gasteiger partial charge in [-0.1, -0.05) is 48.0 Å². The van der Waals surface area contributed by atoms with Crippen LogP contribution in [-0.2, 0) is 24.0 Å². The van der Waals surface area contributed by atoms with Gasteiger partial charge >= 0.3 is 18.3 Å². The number of alkyl halides is 4. The maximum Gasteiger partial charge on any atom is 0.418 e. The predicted octanol–water partition coefficient (Wildman–Crippen LogP) is 8.71. The van der Waals surface area contributed by atoms with Crippen molar-refractivity contribution >= 4 is 34.4 Å². The summed E-state index contributed by atoms with van der Waals surface area (Å²) in [5.41, 5.74) is -0.144. The van der Waals surface area contributed by atoms with E-state index in [1.165, 1.54) is 11.0 Å². The second-order valence-electron chi connectivity index (χ2n) is 15.9. The number of aromatic nitrogens is 3. The van der Waals surface area contributed by atoms with E-state index in [2.05, 4.69) is 5.32 Å². The number of likely N-dealkylation sites (N-methyl/N-ethyl adjacent to an activating group) is 1. The van der Waals surface area contributed by atoms with Gasteiger partial charge in [0.25, 0.3) is 0 Å². The molecule has 3 aromatic carbocycles. The summed E-state index contributed by atoms with van der Waals surface area (Å²) in [4.78, 5) is 33.2. The fourth-order valence-electron chi connectivity index (χ4n) is 7.03. The number of fused-ring (bicyclic) bond motifs is 1. The van der Waals surface area contributed by atoms with Gasteiger partial charge in [0.15, 0.2) is 0 Å². The summed E-state index contributed by atoms with van der Waals surface area (Å²) in [7, 11) is 6.97. The van der Waals surface area contributed by atoms with Gasteiger partial charge in [0.1, 0.15) is 34.5 Å². The normalized spacial score (nSPS) is 16.4. The zero-order valence-electron chi connectivity index (χ0n) is 35.0. The largest absolute Gasteiger partial charge is 0.497 e. The maximum atomic E-state index is 14.9. The lowest BCUT2D eigenvalue weighted by molar-refractivity contribution is -0.137. The maximum absolute atomic E-state index is 14.9. The number of nitrogens with zero attached hydrogens (tertiary/aromatic N) is 6. The van der Waals surface area contributed by atoms with E-state index >= 15 is 0 Å². The van der Waals surface area contributed by atoms with Crippen LogP contribution in [0.5, 0.6) is 17.5 Å². The molecule has 1 N–H and O–H groups in total. The Morgan fingerprint density at radius 1 is 0.883 bits per heavy atom. The molecule has 320 valence electrons. The van der Waals surface area contributed by atoms with E-state index in [4.69, 9.17) is 45.5 Å². The fraction of sp³-hybridized carbons (Fsp3) is 0.409. The van der Waals surface area contributed by atoms with E-state index in [-0.39, 0.29) is 29.9 Å². The van der Waals surface area contributed by atoms with E-state index < -0.39 is 35.0 Å². The summed E-state index contributed by atoms with van der Waals surface area (Å²) < 4.78 is 67.4. The number of methoxy groups -OCH3 is 2. The molecule has 3 heterocycles. The first-order chi connectivity index (χ1) is 28.4. The highest BCUT2D eigenvalue weighted by atomic mass is 35.5. The van der Waals surface area contributed by atoms with E-state index in [0.717, 1.165) is 17.2 Å². The minimum atomic E-state index is -4.74. The van der Waals surface area contributed by atoms with Gasteiger partial charge in [0.2, 0.25) is 0 Å². The van der Waals surface area contributed by atoms with E-state index in [1.54, 1.807) is 53.2 Å². The molecular weight excluding hydrogens is 799 g/mol. The zero-order valence-corrected chi connectivity index (χ0v) is 35.8. The molecule has 6 rings (SSSR count). The van der Waals surface area contributed by atoms with Crippen molar-refractivity contribution < 1.29 is 36.9 Å². The third-order valence-electron chi connectivity index (χ3n) is 9.69. The number of carbonyl (C=O) groups excluding carboxylic acids is 1. The Labute approximate surface area is 353 Å². The Hall–Kier alpha value is -5.38. The molecular formula is C44H51ClF3N7O5. The minimum Gasteiger partial charge on any atom is -0.497 e. The van der Waals surface area contributed by atoms with Gasteiger partial charge in [-0.3, -0.25) is 4.90 Å². The molecule has 1 aliphatic rings. The summed E-state index contributed by atoms with van der Waals surface area (Å²) in [5.74, 6) is 1.68. The topological polar surface area (TPSA) is 114 Å². The number of halogens is 4. The molecule has 0 aliphatic carbocycles. The van der Waals surface area contributed by atoms with Crippen LogP contribution in [0.2, 0.25) is 0 Å². The van der Waals surface area contributed by atoms with Crippen molar-refractivity contribution in [2.75, 3.05) is 52.8 Å². The molecule has 12 nitrogen and oxygen atoms in total. The molecule has 3 atom stereocenters. The van der Waals surface area contributed by atoms with Gasteiger partial charge in [0, 0.05) is 43.7 Å². The quantitative estimate of drug-likeness (QED) is 0.0907. The monoisotopic (exact) mass is 849 g/mol. The van der Waals surface area contributed by atoms with Gasteiger partial charge < -0.3 is 34.1 Å². The molecule has 60 heavy (non-hydrogen) atoms. The van der Waals surface area contributed by atoms with Gasteiger partial charge in [0.05, 0.1) is 42.7 Å². The summed E-state index contributed by atoms with van der Waals surface area (Å²) in [5, 5.41) is 3.75. The second-order valence-corrected chi connectivity index (χ2v) is 16.4. The minimum absolute atomic E-state index is 0.00672. The molecule has 2 aromatic heterocycles. The van der Waals surface area contributed by atoms with Crippen LogP contribution < -0.4 is 24.4 Å². The Morgan fingerprint density at radius 2 is 1.50 bits per heavy atom. The lowest BCUT2D eigenvalue weighted by Crippen LogP contribution is -2.54. The second kappa shape index (κ2) is 18.5. The van der Waals surface area contributed by atoms with Gasteiger partial charge in [-0.2, -0.15) is 23.1 Å².